The molecule has 0 aromatic heterocycles. The Morgan fingerprint density at radius 2 is 1.76 bits per heavy atom. The summed E-state index contributed by atoms with van der Waals surface area (Å²) in [5.41, 5.74) is 0.453. The number of likely N-dealkylation sites (tertiary alicyclic amines) is 1. The van der Waals surface area contributed by atoms with E-state index in [1.54, 1.807) is 12.1 Å². The molecule has 0 amide bonds. The highest BCUT2D eigenvalue weighted by molar-refractivity contribution is 5.76. The van der Waals surface area contributed by atoms with Crippen LogP contribution in [0.25, 0.3) is 0 Å². The van der Waals surface area contributed by atoms with Gasteiger partial charge in [-0.1, -0.05) is 12.1 Å². The molecule has 0 bridgehead atoms. The molecule has 0 radical (unpaired) electrons. The number of ether oxygens (including phenoxy) is 1. The van der Waals surface area contributed by atoms with Gasteiger partial charge in [0.25, 0.3) is 0 Å². The van der Waals surface area contributed by atoms with Gasteiger partial charge < -0.3 is 9.84 Å². The molecule has 0 spiro atoms. The quantitative estimate of drug-likeness (QED) is 0.757. The summed E-state index contributed by atoms with van der Waals surface area (Å²) in [4.78, 5) is 26.8. The highest BCUT2D eigenvalue weighted by Crippen LogP contribution is 2.54. The predicted molar refractivity (Wildman–Crippen MR) is 106 cm³/mol. The van der Waals surface area contributed by atoms with Crippen molar-refractivity contribution >= 4 is 11.9 Å². The van der Waals surface area contributed by atoms with Crippen LogP contribution in [0.15, 0.2) is 24.3 Å². The first-order chi connectivity index (χ1) is 13.9. The zero-order valence-corrected chi connectivity index (χ0v) is 17.0. The summed E-state index contributed by atoms with van der Waals surface area (Å²) in [5.74, 6) is -1.03. The number of benzene rings is 1. The normalized spacial score (nSPS) is 33.2. The third-order valence-electron chi connectivity index (χ3n) is 7.59. The number of nitrogens with zero attached hydrogens (tertiary/aromatic N) is 1. The van der Waals surface area contributed by atoms with Crippen molar-refractivity contribution in [2.75, 3.05) is 20.2 Å². The third kappa shape index (κ3) is 3.91. The highest BCUT2D eigenvalue weighted by Gasteiger charge is 2.53. The van der Waals surface area contributed by atoms with Gasteiger partial charge in [0.1, 0.15) is 5.82 Å². The zero-order chi connectivity index (χ0) is 20.6. The Kier molecular flexibility index (Phi) is 5.65. The lowest BCUT2D eigenvalue weighted by molar-refractivity contribution is -0.154. The Balaban J connectivity index is 1.45. The van der Waals surface area contributed by atoms with Gasteiger partial charge in [0, 0.05) is 12.6 Å². The van der Waals surface area contributed by atoms with Crippen molar-refractivity contribution in [3.8, 4) is 0 Å². The first-order valence-electron chi connectivity index (χ1n) is 10.8. The van der Waals surface area contributed by atoms with Crippen LogP contribution in [-0.4, -0.2) is 48.2 Å². The number of hydrogen-bond donors (Lipinski definition) is 1. The van der Waals surface area contributed by atoms with Crippen LogP contribution in [0.1, 0.15) is 56.4 Å². The molecular weight excluding hydrogens is 373 g/mol. The summed E-state index contributed by atoms with van der Waals surface area (Å²) in [5, 5.41) is 9.82. The van der Waals surface area contributed by atoms with Crippen molar-refractivity contribution in [3.63, 3.8) is 0 Å². The summed E-state index contributed by atoms with van der Waals surface area (Å²) in [6.45, 7) is 1.48. The molecule has 1 aliphatic heterocycles. The minimum Gasteiger partial charge on any atom is -0.481 e. The van der Waals surface area contributed by atoms with Crippen LogP contribution in [0.5, 0.6) is 0 Å². The van der Waals surface area contributed by atoms with E-state index in [-0.39, 0.29) is 23.6 Å². The number of carbonyl (C=O) groups excluding carboxylic acids is 1. The number of carboxylic acids is 1. The fourth-order valence-corrected chi connectivity index (χ4v) is 5.72. The lowest BCUT2D eigenvalue weighted by atomic mass is 9.68. The van der Waals surface area contributed by atoms with Crippen LogP contribution in [0.3, 0.4) is 0 Å². The second-order valence-corrected chi connectivity index (χ2v) is 9.04. The minimum absolute atomic E-state index is 0.0208. The first-order valence-corrected chi connectivity index (χ1v) is 10.8. The predicted octanol–water partition coefficient (Wildman–Crippen LogP) is 3.83. The van der Waals surface area contributed by atoms with Crippen LogP contribution >= 0.6 is 0 Å². The zero-order valence-electron chi connectivity index (χ0n) is 17.0. The summed E-state index contributed by atoms with van der Waals surface area (Å²) < 4.78 is 18.4. The molecule has 3 aliphatic rings. The fourth-order valence-electron chi connectivity index (χ4n) is 5.72. The Morgan fingerprint density at radius 1 is 1.10 bits per heavy atom. The Hall–Kier alpha value is -1.95. The van der Waals surface area contributed by atoms with Crippen LogP contribution < -0.4 is 0 Å². The SMILES string of the molecule is COC(=O)[C@@H]1CN([C@H]2CC[C@](C(=O)O)(C3CC3)CC2)CC[C@H]1c1ccc(F)cc1. The molecule has 29 heavy (non-hydrogen) atoms. The van der Waals surface area contributed by atoms with Crippen molar-refractivity contribution in [1.29, 1.82) is 0 Å². The average molecular weight is 403 g/mol. The van der Waals surface area contributed by atoms with Crippen molar-refractivity contribution in [1.82, 2.24) is 4.90 Å². The van der Waals surface area contributed by atoms with Gasteiger partial charge in [-0.15, -0.1) is 0 Å². The largest absolute Gasteiger partial charge is 0.481 e. The van der Waals surface area contributed by atoms with E-state index in [2.05, 4.69) is 4.90 Å². The molecule has 2 aliphatic carbocycles. The molecular formula is C23H30FNO4. The van der Waals surface area contributed by atoms with Crippen molar-refractivity contribution in [2.24, 2.45) is 17.3 Å². The molecule has 1 N–H and O–H groups in total. The molecule has 3 fully saturated rings. The maximum absolute atomic E-state index is 13.3. The van der Waals surface area contributed by atoms with E-state index in [9.17, 15) is 19.1 Å². The van der Waals surface area contributed by atoms with E-state index in [1.807, 2.05) is 0 Å². The maximum atomic E-state index is 13.3. The number of carbonyl (C=O) groups is 2. The molecule has 2 saturated carbocycles. The van der Waals surface area contributed by atoms with Gasteiger partial charge in [-0.25, -0.2) is 4.39 Å². The molecule has 2 atom stereocenters. The van der Waals surface area contributed by atoms with E-state index in [0.717, 1.165) is 57.1 Å². The van der Waals surface area contributed by atoms with Gasteiger partial charge >= 0.3 is 11.9 Å². The summed E-state index contributed by atoms with van der Waals surface area (Å²) in [6, 6.07) is 6.75. The van der Waals surface area contributed by atoms with Crippen LogP contribution in [0.4, 0.5) is 4.39 Å². The molecule has 5 nitrogen and oxygen atoms in total. The van der Waals surface area contributed by atoms with Gasteiger partial charge in [-0.3, -0.25) is 14.5 Å². The van der Waals surface area contributed by atoms with E-state index in [1.165, 1.54) is 19.2 Å². The van der Waals surface area contributed by atoms with Crippen LogP contribution in [-0.2, 0) is 14.3 Å². The molecule has 1 aromatic rings. The number of aliphatic carboxylic acids is 1. The molecule has 4 rings (SSSR count). The Labute approximate surface area is 171 Å². The minimum atomic E-state index is -0.624. The topological polar surface area (TPSA) is 66.8 Å². The maximum Gasteiger partial charge on any atom is 0.310 e. The van der Waals surface area contributed by atoms with Crippen LogP contribution in [0, 0.1) is 23.1 Å². The smallest absolute Gasteiger partial charge is 0.310 e. The fraction of sp³-hybridized carbons (Fsp3) is 0.652. The second-order valence-electron chi connectivity index (χ2n) is 9.04. The molecule has 1 saturated heterocycles. The molecule has 6 heteroatoms. The van der Waals surface area contributed by atoms with E-state index < -0.39 is 11.4 Å². The molecule has 1 heterocycles. The third-order valence-corrected chi connectivity index (χ3v) is 7.59. The number of piperidine rings is 1. The molecule has 158 valence electrons. The lowest BCUT2D eigenvalue weighted by Crippen LogP contribution is -2.50. The number of methoxy groups -OCH3 is 1. The van der Waals surface area contributed by atoms with Crippen molar-refractivity contribution in [3.05, 3.63) is 35.6 Å². The van der Waals surface area contributed by atoms with E-state index in [4.69, 9.17) is 4.74 Å². The standard InChI is InChI=1S/C23H30FNO4/c1-29-21(26)20-14-25(13-10-19(20)15-2-6-17(24)7-3-15)18-8-11-23(12-9-18,22(27)28)16-4-5-16/h2-3,6-7,16,18-20H,4-5,8-14H2,1H3,(H,27,28)/t18-,19-,20+,23+/m0/s1. The Bertz CT molecular complexity index is 753. The van der Waals surface area contributed by atoms with Gasteiger partial charge in [-0.2, -0.15) is 0 Å². The molecule has 0 unspecified atom stereocenters. The average Bonchev–Trinajstić information content (AvgIpc) is 3.59. The van der Waals surface area contributed by atoms with Gasteiger partial charge in [0.2, 0.25) is 0 Å². The van der Waals surface area contributed by atoms with Crippen molar-refractivity contribution < 1.29 is 23.8 Å². The van der Waals surface area contributed by atoms with Crippen molar-refractivity contribution in [2.45, 2.75) is 56.9 Å². The van der Waals surface area contributed by atoms with E-state index in [0.29, 0.717) is 18.5 Å². The summed E-state index contributed by atoms with van der Waals surface area (Å²) >= 11 is 0. The van der Waals surface area contributed by atoms with E-state index >= 15 is 0 Å². The number of halogens is 1. The van der Waals surface area contributed by atoms with Gasteiger partial charge in [-0.05, 0) is 81.0 Å². The number of rotatable bonds is 5. The Morgan fingerprint density at radius 3 is 2.31 bits per heavy atom. The van der Waals surface area contributed by atoms with Crippen LogP contribution in [0.2, 0.25) is 0 Å². The summed E-state index contributed by atoms with van der Waals surface area (Å²) in [7, 11) is 1.42. The monoisotopic (exact) mass is 403 g/mol. The second kappa shape index (κ2) is 8.05. The number of carboxylic acid groups (broad SMARTS) is 1. The first kappa shape index (κ1) is 20.3. The lowest BCUT2D eigenvalue weighted by Gasteiger charge is -2.45. The summed E-state index contributed by atoms with van der Waals surface area (Å²) in [6.07, 6.45) is 6.12. The molecule has 1 aromatic carbocycles. The number of esters is 1. The highest BCUT2D eigenvalue weighted by atomic mass is 19.1. The van der Waals surface area contributed by atoms with Gasteiger partial charge in [0.15, 0.2) is 0 Å². The number of hydrogen-bond acceptors (Lipinski definition) is 4. The van der Waals surface area contributed by atoms with Gasteiger partial charge in [0.05, 0.1) is 18.4 Å².